The van der Waals surface area contributed by atoms with Crippen LogP contribution in [0, 0.1) is 23.7 Å². The lowest BCUT2D eigenvalue weighted by Crippen LogP contribution is -2.62. The number of aliphatic hydroxyl groups is 2. The molecule has 0 saturated carbocycles. The molecule has 5 aliphatic heterocycles. The van der Waals surface area contributed by atoms with Crippen molar-refractivity contribution in [2.24, 2.45) is 23.7 Å². The van der Waals surface area contributed by atoms with Gasteiger partial charge in [0.1, 0.15) is 42.4 Å². The van der Waals surface area contributed by atoms with Gasteiger partial charge in [0.15, 0.2) is 18.2 Å². The van der Waals surface area contributed by atoms with Crippen molar-refractivity contribution in [2.45, 2.75) is 159 Å². The average molecular weight is 743 g/mol. The molecule has 5 heterocycles. The van der Waals surface area contributed by atoms with E-state index < -0.39 is 97.1 Å². The SMILES string of the molecule is COC1C(OCC2C(C)OC(=O)/C=C\C(C)C(O[C@@H]3O[C@H](C)C[C@@]4(OC(=O)O[C@H]4C)[C@H]3O)C(C)CC(C)C(=O)CCC3OC32)OC(C)[C@@H](O)[C@H]1OC. The van der Waals surface area contributed by atoms with Gasteiger partial charge in [-0.25, -0.2) is 9.59 Å². The second kappa shape index (κ2) is 17.1. The van der Waals surface area contributed by atoms with Crippen LogP contribution >= 0.6 is 0 Å². The molecule has 4 fully saturated rings. The number of methoxy groups -OCH3 is 2. The van der Waals surface area contributed by atoms with Crippen LogP contribution in [-0.4, -0.2) is 134 Å². The number of rotatable bonds is 7. The molecule has 0 radical (unpaired) electrons. The summed E-state index contributed by atoms with van der Waals surface area (Å²) in [6.07, 6.45) is -5.57. The highest BCUT2D eigenvalue weighted by Crippen LogP contribution is 2.43. The third-order valence-corrected chi connectivity index (χ3v) is 11.5. The number of ether oxygens (including phenoxy) is 10. The lowest BCUT2D eigenvalue weighted by molar-refractivity contribution is -0.308. The zero-order valence-corrected chi connectivity index (χ0v) is 31.7. The highest BCUT2D eigenvalue weighted by molar-refractivity contribution is 5.82. The Hall–Kier alpha value is -2.21. The van der Waals surface area contributed by atoms with E-state index in [2.05, 4.69) is 0 Å². The Bertz CT molecular complexity index is 1280. The molecule has 1 spiro atoms. The number of fused-ring (bicyclic) bond motifs is 1. The minimum atomic E-state index is -1.35. The van der Waals surface area contributed by atoms with E-state index in [1.165, 1.54) is 20.3 Å². The number of epoxide rings is 1. The molecular weight excluding hydrogens is 684 g/mol. The molecule has 18 atom stereocenters. The molecule has 0 aliphatic carbocycles. The minimum absolute atomic E-state index is 0.0832. The van der Waals surface area contributed by atoms with Gasteiger partial charge < -0.3 is 57.6 Å². The lowest BCUT2D eigenvalue weighted by atomic mass is 9.82. The number of carbonyl (C=O) groups is 3. The van der Waals surface area contributed by atoms with Gasteiger partial charge in [0.05, 0.1) is 37.1 Å². The van der Waals surface area contributed by atoms with Gasteiger partial charge in [0, 0.05) is 50.9 Å². The second-order valence-corrected chi connectivity index (χ2v) is 15.3. The molecule has 5 aliphatic rings. The van der Waals surface area contributed by atoms with Gasteiger partial charge in [-0.1, -0.05) is 26.8 Å². The van der Waals surface area contributed by atoms with E-state index >= 15 is 0 Å². The first kappa shape index (κ1) is 41.0. The number of ketones is 1. The molecule has 11 unspecified atom stereocenters. The van der Waals surface area contributed by atoms with Crippen molar-refractivity contribution in [1.82, 2.24) is 0 Å². The number of esters is 1. The van der Waals surface area contributed by atoms with Crippen molar-refractivity contribution in [1.29, 1.82) is 0 Å². The first-order chi connectivity index (χ1) is 24.6. The predicted molar refractivity (Wildman–Crippen MR) is 181 cm³/mol. The summed E-state index contributed by atoms with van der Waals surface area (Å²) in [5, 5.41) is 22.0. The largest absolute Gasteiger partial charge is 0.509 e. The van der Waals surface area contributed by atoms with Crippen molar-refractivity contribution in [3.63, 3.8) is 0 Å². The van der Waals surface area contributed by atoms with Crippen LogP contribution in [0.15, 0.2) is 12.2 Å². The maximum Gasteiger partial charge on any atom is 0.509 e. The van der Waals surface area contributed by atoms with Gasteiger partial charge in [-0.05, 0) is 46.5 Å². The monoisotopic (exact) mass is 742 g/mol. The van der Waals surface area contributed by atoms with Crippen LogP contribution in [0.3, 0.4) is 0 Å². The Labute approximate surface area is 305 Å². The van der Waals surface area contributed by atoms with Gasteiger partial charge in [0.25, 0.3) is 0 Å². The van der Waals surface area contributed by atoms with E-state index in [0.717, 1.165) is 0 Å². The minimum Gasteiger partial charge on any atom is -0.459 e. The predicted octanol–water partition coefficient (Wildman–Crippen LogP) is 2.85. The number of hydrogen-bond donors (Lipinski definition) is 2. The maximum absolute atomic E-state index is 13.4. The summed E-state index contributed by atoms with van der Waals surface area (Å²) < 4.78 is 58.6. The summed E-state index contributed by atoms with van der Waals surface area (Å²) in [7, 11) is 2.97. The molecule has 296 valence electrons. The van der Waals surface area contributed by atoms with Gasteiger partial charge in [-0.3, -0.25) is 4.79 Å². The first-order valence-electron chi connectivity index (χ1n) is 18.6. The highest BCUT2D eigenvalue weighted by Gasteiger charge is 2.61. The second-order valence-electron chi connectivity index (χ2n) is 15.3. The van der Waals surface area contributed by atoms with Crippen LogP contribution in [0.2, 0.25) is 0 Å². The zero-order chi connectivity index (χ0) is 38.1. The van der Waals surface area contributed by atoms with Gasteiger partial charge in [-0.15, -0.1) is 0 Å². The molecule has 5 rings (SSSR count). The van der Waals surface area contributed by atoms with E-state index in [1.54, 1.807) is 33.8 Å². The Morgan fingerprint density at radius 3 is 2.23 bits per heavy atom. The van der Waals surface area contributed by atoms with Crippen LogP contribution in [0.5, 0.6) is 0 Å². The van der Waals surface area contributed by atoms with E-state index in [0.29, 0.717) is 19.3 Å². The molecule has 2 N–H and O–H groups in total. The van der Waals surface area contributed by atoms with Crippen LogP contribution in [0.1, 0.15) is 74.1 Å². The fraction of sp³-hybridized carbons (Fsp3) is 0.865. The number of carbonyl (C=O) groups excluding carboxylic acids is 3. The van der Waals surface area contributed by atoms with E-state index in [-0.39, 0.29) is 42.9 Å². The van der Waals surface area contributed by atoms with Crippen LogP contribution in [-0.2, 0) is 57.0 Å². The van der Waals surface area contributed by atoms with Crippen molar-refractivity contribution in [3.8, 4) is 0 Å². The Balaban J connectivity index is 1.33. The Morgan fingerprint density at radius 2 is 1.58 bits per heavy atom. The van der Waals surface area contributed by atoms with Crippen molar-refractivity contribution < 1.29 is 72.0 Å². The average Bonchev–Trinajstić information content (AvgIpc) is 3.79. The number of aliphatic hydroxyl groups excluding tert-OH is 2. The third kappa shape index (κ3) is 8.84. The maximum atomic E-state index is 13.4. The summed E-state index contributed by atoms with van der Waals surface area (Å²) in [4.78, 5) is 38.8. The Kier molecular flexibility index (Phi) is 13.4. The first-order valence-corrected chi connectivity index (χ1v) is 18.6. The molecule has 0 bridgehead atoms. The van der Waals surface area contributed by atoms with Gasteiger partial charge in [-0.2, -0.15) is 0 Å². The Morgan fingerprint density at radius 1 is 0.865 bits per heavy atom. The number of cyclic esters (lactones) is 2. The van der Waals surface area contributed by atoms with Crippen LogP contribution in [0.4, 0.5) is 4.79 Å². The van der Waals surface area contributed by atoms with Crippen LogP contribution in [0.25, 0.3) is 0 Å². The van der Waals surface area contributed by atoms with E-state index in [1.807, 2.05) is 20.8 Å². The van der Waals surface area contributed by atoms with Crippen molar-refractivity contribution in [2.75, 3.05) is 20.8 Å². The quantitative estimate of drug-likeness (QED) is 0.286. The summed E-state index contributed by atoms with van der Waals surface area (Å²) in [5.41, 5.74) is -1.34. The molecule has 0 aromatic carbocycles. The van der Waals surface area contributed by atoms with E-state index in [9.17, 15) is 24.6 Å². The number of hydrogen-bond acceptors (Lipinski definition) is 15. The zero-order valence-electron chi connectivity index (χ0n) is 31.7. The fourth-order valence-electron chi connectivity index (χ4n) is 8.32. The number of Topliss-reactive ketones (excluding diaryl/α,β-unsaturated/α-hetero) is 1. The molecule has 0 aromatic heterocycles. The fourth-order valence-corrected chi connectivity index (χ4v) is 8.32. The lowest BCUT2D eigenvalue weighted by Gasteiger charge is -2.46. The smallest absolute Gasteiger partial charge is 0.459 e. The molecular formula is C37H58O15. The standard InChI is InChI=1S/C37H58O15/c1-17-10-13-27(39)47-21(5)24(16-45-34-32(44-9)31(43-8)28(40)22(6)48-34)30-26(50-30)12-11-25(38)18(2)14-19(3)29(17)51-35-33(41)37(15-20(4)46-35)23(7)49-36(42)52-37/h10,13,17-24,26,28-35,40-41H,11-12,14-16H2,1-9H3/b13-10-/t17?,18?,19?,20-,21?,22?,23+,24?,26?,28-,29?,30?,31-,32?,33+,34?,35+,37+/m1/s1. The summed E-state index contributed by atoms with van der Waals surface area (Å²) in [6.45, 7) is 12.8. The van der Waals surface area contributed by atoms with Crippen molar-refractivity contribution in [3.05, 3.63) is 12.2 Å². The molecule has 4 saturated heterocycles. The topological polar surface area (TPSA) is 187 Å². The summed E-state index contributed by atoms with van der Waals surface area (Å²) in [6, 6.07) is 0. The third-order valence-electron chi connectivity index (χ3n) is 11.5. The summed E-state index contributed by atoms with van der Waals surface area (Å²) >= 11 is 0. The van der Waals surface area contributed by atoms with Gasteiger partial charge >= 0.3 is 12.1 Å². The van der Waals surface area contributed by atoms with Gasteiger partial charge in [0.2, 0.25) is 0 Å². The molecule has 52 heavy (non-hydrogen) atoms. The molecule has 0 amide bonds. The normalized spacial score (nSPS) is 48.4. The molecule has 15 heteroatoms. The van der Waals surface area contributed by atoms with Crippen LogP contribution < -0.4 is 0 Å². The highest BCUT2D eigenvalue weighted by atomic mass is 16.8. The summed E-state index contributed by atoms with van der Waals surface area (Å²) in [5.74, 6) is -1.81. The van der Waals surface area contributed by atoms with Crippen molar-refractivity contribution >= 4 is 17.9 Å². The molecule has 0 aromatic rings. The molecule has 15 nitrogen and oxygen atoms in total. The van der Waals surface area contributed by atoms with E-state index in [4.69, 9.17) is 47.4 Å².